The summed E-state index contributed by atoms with van der Waals surface area (Å²) >= 11 is 0. The van der Waals surface area contributed by atoms with Crippen LogP contribution in [0.25, 0.3) is 5.69 Å². The molecule has 2 aromatic rings. The predicted octanol–water partition coefficient (Wildman–Crippen LogP) is 2.90. The molecule has 1 aliphatic carbocycles. The van der Waals surface area contributed by atoms with Gasteiger partial charge >= 0.3 is 0 Å². The summed E-state index contributed by atoms with van der Waals surface area (Å²) in [6.07, 6.45) is 7.20. The van der Waals surface area contributed by atoms with Crippen LogP contribution in [-0.4, -0.2) is 40.2 Å². The summed E-state index contributed by atoms with van der Waals surface area (Å²) in [5.74, 6) is 0.766. The van der Waals surface area contributed by atoms with Crippen molar-refractivity contribution in [3.63, 3.8) is 0 Å². The van der Waals surface area contributed by atoms with E-state index in [-0.39, 0.29) is 11.9 Å². The molecule has 3 heterocycles. The maximum Gasteiger partial charge on any atom is 0.246 e. The lowest BCUT2D eigenvalue weighted by molar-refractivity contribution is -0.126. The van der Waals surface area contributed by atoms with E-state index in [1.54, 1.807) is 0 Å². The van der Waals surface area contributed by atoms with E-state index in [2.05, 4.69) is 40.8 Å². The number of nitrogens with one attached hydrogen (secondary N) is 1. The zero-order valence-electron chi connectivity index (χ0n) is 15.7. The first-order chi connectivity index (χ1) is 13.2. The van der Waals surface area contributed by atoms with E-state index < -0.39 is 0 Å². The molecular formula is C22H26N4O. The average molecular weight is 362 g/mol. The van der Waals surface area contributed by atoms with Gasteiger partial charge in [-0.1, -0.05) is 25.1 Å². The lowest BCUT2D eigenvalue weighted by Gasteiger charge is -2.28. The number of nitrogens with zero attached hydrogens (tertiary/aromatic N) is 3. The summed E-state index contributed by atoms with van der Waals surface area (Å²) in [4.78, 5) is 14.0. The first-order valence-corrected chi connectivity index (χ1v) is 10.1. The van der Waals surface area contributed by atoms with Gasteiger partial charge in [0.25, 0.3) is 0 Å². The summed E-state index contributed by atoms with van der Waals surface area (Å²) in [5.41, 5.74) is 6.36. The second-order valence-electron chi connectivity index (χ2n) is 7.93. The highest BCUT2D eigenvalue weighted by molar-refractivity contribution is 5.87. The molecule has 1 aromatic carbocycles. The van der Waals surface area contributed by atoms with Crippen LogP contribution in [-0.2, 0) is 17.6 Å². The number of carbonyl (C=O) groups excluding carboxylic acids is 1. The van der Waals surface area contributed by atoms with E-state index >= 15 is 0 Å². The summed E-state index contributed by atoms with van der Waals surface area (Å²) < 4.78 is 2.15. The van der Waals surface area contributed by atoms with Gasteiger partial charge in [0, 0.05) is 38.0 Å². The molecule has 5 rings (SSSR count). The molecule has 1 aromatic heterocycles. The van der Waals surface area contributed by atoms with Crippen LogP contribution >= 0.6 is 0 Å². The fourth-order valence-corrected chi connectivity index (χ4v) is 4.69. The van der Waals surface area contributed by atoms with Crippen LogP contribution in [0.1, 0.15) is 53.7 Å². The monoisotopic (exact) mass is 362 g/mol. The second-order valence-corrected chi connectivity index (χ2v) is 7.93. The molecule has 0 unspecified atom stereocenters. The molecule has 1 amide bonds. The van der Waals surface area contributed by atoms with Crippen molar-refractivity contribution in [1.82, 2.24) is 20.0 Å². The number of hydrogen-bond donors (Lipinski definition) is 1. The zero-order chi connectivity index (χ0) is 18.4. The van der Waals surface area contributed by atoms with Gasteiger partial charge in [0.1, 0.15) is 0 Å². The van der Waals surface area contributed by atoms with Crippen molar-refractivity contribution in [1.29, 1.82) is 0 Å². The summed E-state index contributed by atoms with van der Waals surface area (Å²) in [6.45, 7) is 5.95. The van der Waals surface area contributed by atoms with Crippen molar-refractivity contribution in [2.24, 2.45) is 0 Å². The largest absolute Gasteiger partial charge is 0.337 e. The Morgan fingerprint density at radius 3 is 2.74 bits per heavy atom. The third-order valence-corrected chi connectivity index (χ3v) is 6.42. The van der Waals surface area contributed by atoms with Crippen molar-refractivity contribution in [3.8, 4) is 5.69 Å². The number of amides is 1. The molecule has 0 radical (unpaired) electrons. The van der Waals surface area contributed by atoms with Crippen LogP contribution in [0.15, 0.2) is 36.9 Å². The van der Waals surface area contributed by atoms with E-state index in [1.165, 1.54) is 42.2 Å². The van der Waals surface area contributed by atoms with Gasteiger partial charge in [0.2, 0.25) is 5.91 Å². The van der Waals surface area contributed by atoms with E-state index in [0.29, 0.717) is 13.1 Å². The number of rotatable bonds is 3. The first kappa shape index (κ1) is 16.8. The molecular weight excluding hydrogens is 336 g/mol. The van der Waals surface area contributed by atoms with E-state index in [1.807, 2.05) is 4.90 Å². The Labute approximate surface area is 160 Å². The Kier molecular flexibility index (Phi) is 4.12. The van der Waals surface area contributed by atoms with Crippen molar-refractivity contribution < 1.29 is 4.79 Å². The molecule has 0 bridgehead atoms. The fraction of sp³-hybridized carbons (Fsp3) is 0.455. The van der Waals surface area contributed by atoms with Gasteiger partial charge in [-0.3, -0.25) is 4.79 Å². The smallest absolute Gasteiger partial charge is 0.246 e. The minimum atomic E-state index is 0.00790. The van der Waals surface area contributed by atoms with E-state index in [9.17, 15) is 4.79 Å². The van der Waals surface area contributed by atoms with Crippen LogP contribution in [0.4, 0.5) is 0 Å². The van der Waals surface area contributed by atoms with E-state index in [4.69, 9.17) is 5.10 Å². The minimum absolute atomic E-state index is 0.00790. The standard InChI is InChI=1S/C22H26N4O/c1-2-21(27)25-13-11-18-22-19(14-25)23-12-10-20(22)26(24-18)17-8-6-16(7-9-17)15-4-3-5-15/h2,6-9,15,19,23H,1,3-5,10-14H2/t19-/m0/s1. The zero-order valence-corrected chi connectivity index (χ0v) is 15.7. The van der Waals surface area contributed by atoms with Gasteiger partial charge in [0.05, 0.1) is 23.1 Å². The summed E-state index contributed by atoms with van der Waals surface area (Å²) in [6, 6.07) is 9.17. The highest BCUT2D eigenvalue weighted by Gasteiger charge is 2.33. The maximum atomic E-state index is 12.1. The summed E-state index contributed by atoms with van der Waals surface area (Å²) in [7, 11) is 0. The number of hydrogen-bond acceptors (Lipinski definition) is 3. The Morgan fingerprint density at radius 1 is 1.22 bits per heavy atom. The van der Waals surface area contributed by atoms with Gasteiger partial charge in [-0.25, -0.2) is 4.68 Å². The van der Waals surface area contributed by atoms with Crippen molar-refractivity contribution in [3.05, 3.63) is 59.4 Å². The number of benzene rings is 1. The molecule has 2 aliphatic heterocycles. The van der Waals surface area contributed by atoms with Gasteiger partial charge in [-0.2, -0.15) is 5.10 Å². The van der Waals surface area contributed by atoms with Crippen LogP contribution in [0.2, 0.25) is 0 Å². The highest BCUT2D eigenvalue weighted by Crippen LogP contribution is 2.37. The highest BCUT2D eigenvalue weighted by atomic mass is 16.2. The van der Waals surface area contributed by atoms with Crippen LogP contribution in [0, 0.1) is 0 Å². The third kappa shape index (κ3) is 2.81. The topological polar surface area (TPSA) is 50.2 Å². The first-order valence-electron chi connectivity index (χ1n) is 10.1. The molecule has 5 heteroatoms. The molecule has 1 N–H and O–H groups in total. The molecule has 1 saturated carbocycles. The van der Waals surface area contributed by atoms with Gasteiger partial charge < -0.3 is 10.2 Å². The molecule has 0 spiro atoms. The quantitative estimate of drug-likeness (QED) is 0.854. The molecule has 27 heavy (non-hydrogen) atoms. The van der Waals surface area contributed by atoms with Crippen LogP contribution in [0.3, 0.4) is 0 Å². The maximum absolute atomic E-state index is 12.1. The molecule has 1 fully saturated rings. The molecule has 0 saturated heterocycles. The Balaban J connectivity index is 1.48. The molecule has 1 atom stereocenters. The van der Waals surface area contributed by atoms with Gasteiger partial charge in [-0.15, -0.1) is 0 Å². The summed E-state index contributed by atoms with van der Waals surface area (Å²) in [5, 5.41) is 8.57. The van der Waals surface area contributed by atoms with Gasteiger partial charge in [-0.05, 0) is 42.5 Å². The Morgan fingerprint density at radius 2 is 2.04 bits per heavy atom. The van der Waals surface area contributed by atoms with Crippen molar-refractivity contribution in [2.45, 2.75) is 44.1 Å². The number of carbonyl (C=O) groups is 1. The Bertz CT molecular complexity index is 878. The average Bonchev–Trinajstić information content (AvgIpc) is 2.92. The minimum Gasteiger partial charge on any atom is -0.337 e. The Hall–Kier alpha value is -2.40. The number of aromatic nitrogens is 2. The molecule has 140 valence electrons. The lowest BCUT2D eigenvalue weighted by Crippen LogP contribution is -2.40. The molecule has 5 nitrogen and oxygen atoms in total. The lowest BCUT2D eigenvalue weighted by atomic mass is 9.80. The molecule has 3 aliphatic rings. The van der Waals surface area contributed by atoms with Crippen LogP contribution < -0.4 is 5.32 Å². The third-order valence-electron chi connectivity index (χ3n) is 6.42. The second kappa shape index (κ2) is 6.64. The normalized spacial score (nSPS) is 21.9. The fourth-order valence-electron chi connectivity index (χ4n) is 4.69. The van der Waals surface area contributed by atoms with Crippen molar-refractivity contribution >= 4 is 5.91 Å². The van der Waals surface area contributed by atoms with E-state index in [0.717, 1.165) is 36.7 Å². The van der Waals surface area contributed by atoms with Gasteiger partial charge in [0.15, 0.2) is 0 Å². The van der Waals surface area contributed by atoms with Crippen molar-refractivity contribution in [2.75, 3.05) is 19.6 Å². The predicted molar refractivity (Wildman–Crippen MR) is 105 cm³/mol. The van der Waals surface area contributed by atoms with Crippen LogP contribution in [0.5, 0.6) is 0 Å². The SMILES string of the molecule is C=CC(=O)N1CCc2nn(-c3ccc(C4CCC4)cc3)c3c2[C@H](C1)NCC3.